The third-order valence-electron chi connectivity index (χ3n) is 3.65. The fourth-order valence-electron chi connectivity index (χ4n) is 2.76. The first-order valence-corrected chi connectivity index (χ1v) is 6.84. The number of hydrogen-bond donors (Lipinski definition) is 1. The lowest BCUT2D eigenvalue weighted by Crippen LogP contribution is -2.37. The maximum atomic E-state index is 12.3. The van der Waals surface area contributed by atoms with Gasteiger partial charge in [0.05, 0.1) is 19.8 Å². The molecule has 1 aromatic rings. The number of hydrogen-bond acceptors (Lipinski definition) is 3. The van der Waals surface area contributed by atoms with Crippen LogP contribution in [0.1, 0.15) is 22.3 Å². The molecule has 0 unspecified atom stereocenters. The number of fused-ring (bicyclic) bond motifs is 1. The van der Waals surface area contributed by atoms with Crippen LogP contribution in [0.4, 0.5) is 13.2 Å². The van der Waals surface area contributed by atoms with Crippen molar-refractivity contribution in [2.75, 3.05) is 20.8 Å². The number of benzene rings is 1. The zero-order chi connectivity index (χ0) is 15.5. The SMILES string of the molecule is COCc1cc2c(cc1COC)CC(NCC(F)(F)F)C2. The summed E-state index contributed by atoms with van der Waals surface area (Å²) in [6, 6.07) is 3.90. The van der Waals surface area contributed by atoms with Gasteiger partial charge >= 0.3 is 6.18 Å². The molecule has 1 aliphatic rings. The summed E-state index contributed by atoms with van der Waals surface area (Å²) in [5, 5.41) is 2.58. The molecule has 0 aliphatic heterocycles. The van der Waals surface area contributed by atoms with Crippen LogP contribution in [-0.4, -0.2) is 33.0 Å². The lowest BCUT2D eigenvalue weighted by atomic mass is 10.0. The van der Waals surface area contributed by atoms with E-state index in [2.05, 4.69) is 5.32 Å². The van der Waals surface area contributed by atoms with E-state index in [0.717, 1.165) is 22.3 Å². The summed E-state index contributed by atoms with van der Waals surface area (Å²) in [4.78, 5) is 0. The van der Waals surface area contributed by atoms with E-state index in [1.165, 1.54) is 0 Å². The Morgan fingerprint density at radius 1 is 1.05 bits per heavy atom. The number of rotatable bonds is 6. The molecule has 0 saturated carbocycles. The van der Waals surface area contributed by atoms with E-state index in [0.29, 0.717) is 26.1 Å². The molecule has 0 saturated heterocycles. The van der Waals surface area contributed by atoms with Gasteiger partial charge in [-0.15, -0.1) is 0 Å². The number of nitrogens with one attached hydrogen (secondary N) is 1. The van der Waals surface area contributed by atoms with Crippen molar-refractivity contribution in [3.63, 3.8) is 0 Å². The van der Waals surface area contributed by atoms with Crippen molar-refractivity contribution in [3.8, 4) is 0 Å². The van der Waals surface area contributed by atoms with E-state index >= 15 is 0 Å². The summed E-state index contributed by atoms with van der Waals surface area (Å²) in [5.74, 6) is 0. The largest absolute Gasteiger partial charge is 0.401 e. The zero-order valence-corrected chi connectivity index (χ0v) is 12.2. The first-order valence-electron chi connectivity index (χ1n) is 6.84. The number of halogens is 3. The van der Waals surface area contributed by atoms with E-state index in [-0.39, 0.29) is 6.04 Å². The second kappa shape index (κ2) is 6.77. The van der Waals surface area contributed by atoms with Gasteiger partial charge in [0.2, 0.25) is 0 Å². The molecule has 0 fully saturated rings. The minimum atomic E-state index is -4.17. The average molecular weight is 303 g/mol. The van der Waals surface area contributed by atoms with Crippen LogP contribution in [0.3, 0.4) is 0 Å². The van der Waals surface area contributed by atoms with Crippen LogP contribution in [0, 0.1) is 0 Å². The minimum absolute atomic E-state index is 0.158. The highest BCUT2D eigenvalue weighted by atomic mass is 19.4. The fraction of sp³-hybridized carbons (Fsp3) is 0.600. The summed E-state index contributed by atoms with van der Waals surface area (Å²) < 4.78 is 47.2. The third-order valence-corrected chi connectivity index (χ3v) is 3.65. The van der Waals surface area contributed by atoms with Crippen LogP contribution >= 0.6 is 0 Å². The van der Waals surface area contributed by atoms with Gasteiger partial charge in [0.25, 0.3) is 0 Å². The predicted octanol–water partition coefficient (Wildman–Crippen LogP) is 2.60. The number of ether oxygens (including phenoxy) is 2. The molecular formula is C15H20F3NO2. The first kappa shape index (κ1) is 16.3. The molecule has 6 heteroatoms. The van der Waals surface area contributed by atoms with Gasteiger partial charge in [-0.1, -0.05) is 12.1 Å². The molecule has 1 N–H and O–H groups in total. The summed E-state index contributed by atoms with van der Waals surface area (Å²) in [5.41, 5.74) is 4.27. The maximum absolute atomic E-state index is 12.3. The van der Waals surface area contributed by atoms with Crippen LogP contribution in [0.2, 0.25) is 0 Å². The third kappa shape index (κ3) is 4.43. The van der Waals surface area contributed by atoms with Crippen molar-refractivity contribution in [1.29, 1.82) is 0 Å². The van der Waals surface area contributed by atoms with Gasteiger partial charge < -0.3 is 14.8 Å². The summed E-state index contributed by atoms with van der Waals surface area (Å²) in [6.07, 6.45) is -2.93. The molecule has 1 aliphatic carbocycles. The Hall–Kier alpha value is -1.11. The van der Waals surface area contributed by atoms with Crippen molar-refractivity contribution in [2.24, 2.45) is 0 Å². The smallest absolute Gasteiger partial charge is 0.380 e. The Kier molecular flexibility index (Phi) is 5.24. The van der Waals surface area contributed by atoms with E-state index in [9.17, 15) is 13.2 Å². The van der Waals surface area contributed by atoms with Crippen LogP contribution in [0.25, 0.3) is 0 Å². The molecular weight excluding hydrogens is 283 g/mol. The van der Waals surface area contributed by atoms with Crippen LogP contribution in [-0.2, 0) is 35.5 Å². The predicted molar refractivity (Wildman–Crippen MR) is 73.1 cm³/mol. The topological polar surface area (TPSA) is 30.5 Å². The number of alkyl halides is 3. The molecule has 0 atom stereocenters. The quantitative estimate of drug-likeness (QED) is 0.876. The molecule has 0 aromatic heterocycles. The van der Waals surface area contributed by atoms with Crippen molar-refractivity contribution < 1.29 is 22.6 Å². The van der Waals surface area contributed by atoms with E-state index in [1.54, 1.807) is 14.2 Å². The molecule has 118 valence electrons. The Morgan fingerprint density at radius 3 is 1.90 bits per heavy atom. The van der Waals surface area contributed by atoms with Crippen molar-refractivity contribution in [2.45, 2.75) is 38.3 Å². The molecule has 3 nitrogen and oxygen atoms in total. The number of methoxy groups -OCH3 is 2. The van der Waals surface area contributed by atoms with Gasteiger partial charge in [-0.3, -0.25) is 0 Å². The van der Waals surface area contributed by atoms with Crippen LogP contribution in [0.15, 0.2) is 12.1 Å². The second-order valence-electron chi connectivity index (χ2n) is 5.36. The monoisotopic (exact) mass is 303 g/mol. The summed E-state index contributed by atoms with van der Waals surface area (Å²) >= 11 is 0. The van der Waals surface area contributed by atoms with Gasteiger partial charge in [-0.25, -0.2) is 0 Å². The Balaban J connectivity index is 2.09. The summed E-state index contributed by atoms with van der Waals surface area (Å²) in [6.45, 7) is 0.0146. The zero-order valence-electron chi connectivity index (χ0n) is 12.2. The Morgan fingerprint density at radius 2 is 1.52 bits per heavy atom. The maximum Gasteiger partial charge on any atom is 0.401 e. The Labute approximate surface area is 122 Å². The molecule has 0 bridgehead atoms. The van der Waals surface area contributed by atoms with Crippen LogP contribution < -0.4 is 5.32 Å². The lowest BCUT2D eigenvalue weighted by Gasteiger charge is -2.13. The highest BCUT2D eigenvalue weighted by molar-refractivity contribution is 5.42. The average Bonchev–Trinajstić information content (AvgIpc) is 2.78. The molecule has 0 amide bonds. The van der Waals surface area contributed by atoms with E-state index < -0.39 is 12.7 Å². The molecule has 0 spiro atoms. The minimum Gasteiger partial charge on any atom is -0.380 e. The molecule has 0 radical (unpaired) electrons. The van der Waals surface area contributed by atoms with E-state index in [1.807, 2.05) is 12.1 Å². The van der Waals surface area contributed by atoms with Crippen molar-refractivity contribution in [3.05, 3.63) is 34.4 Å². The Bertz CT molecular complexity index is 454. The highest BCUT2D eigenvalue weighted by Crippen LogP contribution is 2.27. The first-order chi connectivity index (χ1) is 9.93. The van der Waals surface area contributed by atoms with Crippen molar-refractivity contribution in [1.82, 2.24) is 5.32 Å². The summed E-state index contributed by atoms with van der Waals surface area (Å²) in [7, 11) is 3.25. The van der Waals surface area contributed by atoms with Gasteiger partial charge in [-0.2, -0.15) is 13.2 Å². The van der Waals surface area contributed by atoms with Gasteiger partial charge in [-0.05, 0) is 35.1 Å². The lowest BCUT2D eigenvalue weighted by molar-refractivity contribution is -0.126. The molecule has 21 heavy (non-hydrogen) atoms. The van der Waals surface area contributed by atoms with Gasteiger partial charge in [0.15, 0.2) is 0 Å². The second-order valence-corrected chi connectivity index (χ2v) is 5.36. The van der Waals surface area contributed by atoms with Gasteiger partial charge in [0.1, 0.15) is 0 Å². The van der Waals surface area contributed by atoms with Crippen LogP contribution in [0.5, 0.6) is 0 Å². The molecule has 2 rings (SSSR count). The van der Waals surface area contributed by atoms with Crippen molar-refractivity contribution >= 4 is 0 Å². The van der Waals surface area contributed by atoms with Gasteiger partial charge in [0, 0.05) is 20.3 Å². The van der Waals surface area contributed by atoms with E-state index in [4.69, 9.17) is 9.47 Å². The normalized spacial score (nSPS) is 15.5. The molecule has 0 heterocycles. The fourth-order valence-corrected chi connectivity index (χ4v) is 2.76. The molecule has 1 aromatic carbocycles. The standard InChI is InChI=1S/C15H20F3NO2/c1-20-7-12-3-10-5-14(19-9-15(16,17)18)6-11(10)4-13(12)8-21-2/h3-4,14,19H,5-9H2,1-2H3. The highest BCUT2D eigenvalue weighted by Gasteiger charge is 2.30.